The van der Waals surface area contributed by atoms with Crippen LogP contribution in [0.1, 0.15) is 43.9 Å². The fourth-order valence-electron chi connectivity index (χ4n) is 4.38. The predicted molar refractivity (Wildman–Crippen MR) is 151 cm³/mol. The van der Waals surface area contributed by atoms with Crippen molar-refractivity contribution in [3.8, 4) is 0 Å². The Balaban J connectivity index is 2.07. The number of carbonyl (C=O) groups is 2. The van der Waals surface area contributed by atoms with E-state index in [0.29, 0.717) is 12.1 Å². The highest BCUT2D eigenvalue weighted by molar-refractivity contribution is 7.92. The monoisotopic (exact) mass is 535 g/mol. The van der Waals surface area contributed by atoms with Crippen LogP contribution in [0.3, 0.4) is 0 Å². The summed E-state index contributed by atoms with van der Waals surface area (Å²) in [5.74, 6) is -0.725. The lowest BCUT2D eigenvalue weighted by atomic mass is 10.1. The van der Waals surface area contributed by atoms with Gasteiger partial charge >= 0.3 is 0 Å². The van der Waals surface area contributed by atoms with Crippen molar-refractivity contribution in [1.82, 2.24) is 10.2 Å². The van der Waals surface area contributed by atoms with Gasteiger partial charge in [-0.3, -0.25) is 13.9 Å². The maximum absolute atomic E-state index is 14.0. The molecule has 38 heavy (non-hydrogen) atoms. The summed E-state index contributed by atoms with van der Waals surface area (Å²) in [5, 5.41) is 2.91. The third-order valence-electron chi connectivity index (χ3n) is 6.25. The highest BCUT2D eigenvalue weighted by Crippen LogP contribution is 2.27. The van der Waals surface area contributed by atoms with Crippen LogP contribution in [0.25, 0.3) is 0 Å². The standard InChI is InChI=1S/C30H37N3O4S/c1-6-27(30(35)31-22(2)3)32(20-25-15-12-13-23(4)19-25)29(34)21-33(28-18-11-10-14-24(28)5)38(36,37)26-16-8-7-9-17-26/h7-19,22,27H,6,20-21H2,1-5H3,(H,31,35). The molecule has 1 N–H and O–H groups in total. The normalized spacial score (nSPS) is 12.2. The molecular weight excluding hydrogens is 498 g/mol. The largest absolute Gasteiger partial charge is 0.352 e. The van der Waals surface area contributed by atoms with Gasteiger partial charge in [0.1, 0.15) is 12.6 Å². The minimum atomic E-state index is -4.07. The Morgan fingerprint density at radius 1 is 0.895 bits per heavy atom. The number of nitrogens with zero attached hydrogens (tertiary/aromatic N) is 2. The Morgan fingerprint density at radius 3 is 2.16 bits per heavy atom. The number of hydrogen-bond donors (Lipinski definition) is 1. The highest BCUT2D eigenvalue weighted by atomic mass is 32.2. The van der Waals surface area contributed by atoms with Crippen molar-refractivity contribution in [1.29, 1.82) is 0 Å². The Hall–Kier alpha value is -3.65. The van der Waals surface area contributed by atoms with Gasteiger partial charge in [0, 0.05) is 12.6 Å². The first-order valence-corrected chi connectivity index (χ1v) is 14.3. The minimum Gasteiger partial charge on any atom is -0.352 e. The number of aryl methyl sites for hydroxylation is 2. The van der Waals surface area contributed by atoms with Crippen LogP contribution in [0.2, 0.25) is 0 Å². The molecule has 0 aliphatic rings. The Morgan fingerprint density at radius 2 is 1.55 bits per heavy atom. The van der Waals surface area contributed by atoms with Crippen LogP contribution in [0.4, 0.5) is 5.69 Å². The topological polar surface area (TPSA) is 86.8 Å². The summed E-state index contributed by atoms with van der Waals surface area (Å²) in [6.07, 6.45) is 0.381. The van der Waals surface area contributed by atoms with Gasteiger partial charge in [-0.25, -0.2) is 8.42 Å². The minimum absolute atomic E-state index is 0.0888. The van der Waals surface area contributed by atoms with Gasteiger partial charge in [-0.1, -0.05) is 73.2 Å². The van der Waals surface area contributed by atoms with Crippen molar-refractivity contribution in [2.75, 3.05) is 10.8 Å². The zero-order valence-electron chi connectivity index (χ0n) is 22.7. The molecule has 0 aliphatic carbocycles. The molecule has 0 saturated heterocycles. The number of para-hydroxylation sites is 1. The molecule has 3 aromatic carbocycles. The SMILES string of the molecule is CCC(C(=O)NC(C)C)N(Cc1cccc(C)c1)C(=O)CN(c1ccccc1C)S(=O)(=O)c1ccccc1. The van der Waals surface area contributed by atoms with E-state index in [-0.39, 0.29) is 23.4 Å². The zero-order chi connectivity index (χ0) is 27.9. The Labute approximate surface area is 226 Å². The molecule has 2 amide bonds. The van der Waals surface area contributed by atoms with Crippen LogP contribution in [0.15, 0.2) is 83.8 Å². The second-order valence-electron chi connectivity index (χ2n) is 9.71. The van der Waals surface area contributed by atoms with E-state index >= 15 is 0 Å². The van der Waals surface area contributed by atoms with Gasteiger partial charge in [-0.05, 0) is 63.4 Å². The lowest BCUT2D eigenvalue weighted by molar-refractivity contribution is -0.140. The average molecular weight is 536 g/mol. The number of benzene rings is 3. The molecule has 0 aliphatic heterocycles. The molecule has 1 atom stereocenters. The van der Waals surface area contributed by atoms with Crippen molar-refractivity contribution in [2.24, 2.45) is 0 Å². The molecule has 3 aromatic rings. The van der Waals surface area contributed by atoms with Crippen LogP contribution in [-0.2, 0) is 26.2 Å². The van der Waals surface area contributed by atoms with Gasteiger partial charge in [0.2, 0.25) is 11.8 Å². The summed E-state index contributed by atoms with van der Waals surface area (Å²) in [4.78, 5) is 28.8. The van der Waals surface area contributed by atoms with E-state index in [1.807, 2.05) is 71.0 Å². The number of hydrogen-bond acceptors (Lipinski definition) is 4. The zero-order valence-corrected chi connectivity index (χ0v) is 23.5. The fourth-order valence-corrected chi connectivity index (χ4v) is 5.88. The Kier molecular flexibility index (Phi) is 9.69. The predicted octanol–water partition coefficient (Wildman–Crippen LogP) is 4.83. The van der Waals surface area contributed by atoms with Crippen LogP contribution < -0.4 is 9.62 Å². The molecule has 0 bridgehead atoms. The molecule has 202 valence electrons. The summed E-state index contributed by atoms with van der Waals surface area (Å²) < 4.78 is 28.8. The molecule has 0 spiro atoms. The van der Waals surface area contributed by atoms with Crippen molar-refractivity contribution in [2.45, 2.75) is 64.6 Å². The van der Waals surface area contributed by atoms with Gasteiger partial charge in [-0.2, -0.15) is 0 Å². The summed E-state index contributed by atoms with van der Waals surface area (Å²) in [7, 11) is -4.07. The summed E-state index contributed by atoms with van der Waals surface area (Å²) in [5.41, 5.74) is 3.03. The number of sulfonamides is 1. The number of nitrogens with one attached hydrogen (secondary N) is 1. The van der Waals surface area contributed by atoms with E-state index < -0.39 is 28.5 Å². The first-order valence-electron chi connectivity index (χ1n) is 12.8. The third kappa shape index (κ3) is 7.01. The van der Waals surface area contributed by atoms with Gasteiger partial charge in [0.05, 0.1) is 10.6 Å². The van der Waals surface area contributed by atoms with Crippen molar-refractivity contribution in [3.05, 3.63) is 95.6 Å². The first-order chi connectivity index (χ1) is 18.0. The van der Waals surface area contributed by atoms with E-state index in [1.165, 1.54) is 17.0 Å². The molecule has 0 aromatic heterocycles. The number of amides is 2. The lowest BCUT2D eigenvalue weighted by Crippen LogP contribution is -2.53. The highest BCUT2D eigenvalue weighted by Gasteiger charge is 2.34. The average Bonchev–Trinajstić information content (AvgIpc) is 2.87. The maximum Gasteiger partial charge on any atom is 0.264 e. The third-order valence-corrected chi connectivity index (χ3v) is 8.02. The lowest BCUT2D eigenvalue weighted by Gasteiger charge is -2.34. The van der Waals surface area contributed by atoms with Crippen molar-refractivity contribution in [3.63, 3.8) is 0 Å². The van der Waals surface area contributed by atoms with Crippen LogP contribution in [0, 0.1) is 13.8 Å². The van der Waals surface area contributed by atoms with E-state index in [9.17, 15) is 18.0 Å². The van der Waals surface area contributed by atoms with Gasteiger partial charge in [0.25, 0.3) is 10.0 Å². The summed E-state index contributed by atoms with van der Waals surface area (Å²) >= 11 is 0. The van der Waals surface area contributed by atoms with E-state index in [0.717, 1.165) is 21.0 Å². The molecule has 7 nitrogen and oxygen atoms in total. The van der Waals surface area contributed by atoms with Gasteiger partial charge in [0.15, 0.2) is 0 Å². The van der Waals surface area contributed by atoms with Crippen LogP contribution >= 0.6 is 0 Å². The van der Waals surface area contributed by atoms with Crippen LogP contribution in [-0.4, -0.2) is 43.8 Å². The summed E-state index contributed by atoms with van der Waals surface area (Å²) in [6.45, 7) is 9.08. The smallest absolute Gasteiger partial charge is 0.264 e. The molecule has 3 rings (SSSR count). The van der Waals surface area contributed by atoms with Crippen LogP contribution in [0.5, 0.6) is 0 Å². The van der Waals surface area contributed by atoms with E-state index in [2.05, 4.69) is 5.32 Å². The maximum atomic E-state index is 14.0. The number of carbonyl (C=O) groups excluding carboxylic acids is 2. The molecule has 0 radical (unpaired) electrons. The fraction of sp³-hybridized carbons (Fsp3) is 0.333. The van der Waals surface area contributed by atoms with Gasteiger partial charge in [-0.15, -0.1) is 0 Å². The van der Waals surface area contributed by atoms with Crippen molar-refractivity contribution >= 4 is 27.5 Å². The van der Waals surface area contributed by atoms with E-state index in [4.69, 9.17) is 0 Å². The molecule has 1 unspecified atom stereocenters. The Bertz CT molecular complexity index is 1360. The van der Waals surface area contributed by atoms with Gasteiger partial charge < -0.3 is 10.2 Å². The quantitative estimate of drug-likeness (QED) is 0.381. The number of anilines is 1. The molecule has 0 fully saturated rings. The second kappa shape index (κ2) is 12.7. The first kappa shape index (κ1) is 28.9. The number of rotatable bonds is 11. The van der Waals surface area contributed by atoms with Crippen molar-refractivity contribution < 1.29 is 18.0 Å². The summed E-state index contributed by atoms with van der Waals surface area (Å²) in [6, 6.07) is 22.0. The molecule has 8 heteroatoms. The van der Waals surface area contributed by atoms with E-state index in [1.54, 1.807) is 30.3 Å². The molecule has 0 heterocycles. The molecule has 0 saturated carbocycles. The molecular formula is C30H37N3O4S. The second-order valence-corrected chi connectivity index (χ2v) is 11.6.